The molecule has 3 rings (SSSR count). The highest BCUT2D eigenvalue weighted by molar-refractivity contribution is 5.27. The van der Waals surface area contributed by atoms with E-state index >= 15 is 0 Å². The average Bonchev–Trinajstić information content (AvgIpc) is 2.41. The van der Waals surface area contributed by atoms with Crippen LogP contribution in [0.1, 0.15) is 43.7 Å². The molecule has 0 saturated carbocycles. The van der Waals surface area contributed by atoms with E-state index in [1.165, 1.54) is 44.6 Å². The number of hydrogen-bond acceptors (Lipinski definition) is 2. The summed E-state index contributed by atoms with van der Waals surface area (Å²) in [6.45, 7) is 9.99. The van der Waals surface area contributed by atoms with Crippen LogP contribution in [0, 0.1) is 11.2 Å². The molecule has 0 unspecified atom stereocenters. The van der Waals surface area contributed by atoms with Crippen LogP contribution in [0.4, 0.5) is 4.39 Å². The van der Waals surface area contributed by atoms with Crippen LogP contribution < -0.4 is 0 Å². The van der Waals surface area contributed by atoms with Crippen molar-refractivity contribution >= 4 is 0 Å². The van der Waals surface area contributed by atoms with Gasteiger partial charge in [-0.05, 0) is 61.5 Å². The molecule has 0 atom stereocenters. The van der Waals surface area contributed by atoms with E-state index in [-0.39, 0.29) is 11.7 Å². The molecule has 1 aromatic carbocycles. The van der Waals surface area contributed by atoms with E-state index in [0.29, 0.717) is 5.41 Å². The number of nitrogens with zero attached hydrogens (tertiary/aromatic N) is 2. The topological polar surface area (TPSA) is 6.48 Å². The highest BCUT2D eigenvalue weighted by atomic mass is 19.1. The van der Waals surface area contributed by atoms with Crippen molar-refractivity contribution in [3.8, 4) is 0 Å². The molecule has 3 heteroatoms. The van der Waals surface area contributed by atoms with E-state index in [2.05, 4.69) is 36.8 Å². The molecule has 0 N–H and O–H groups in total. The molecule has 2 heterocycles. The average molecular weight is 290 g/mol. The molecule has 2 aliphatic heterocycles. The Kier molecular flexibility index (Phi) is 4.06. The molecular weight excluding hydrogens is 263 g/mol. The van der Waals surface area contributed by atoms with Crippen LogP contribution in [-0.4, -0.2) is 43.0 Å². The van der Waals surface area contributed by atoms with Gasteiger partial charge in [-0.25, -0.2) is 4.39 Å². The van der Waals surface area contributed by atoms with Crippen LogP contribution in [-0.2, 0) is 6.54 Å². The van der Waals surface area contributed by atoms with Crippen molar-refractivity contribution in [1.82, 2.24) is 9.80 Å². The fourth-order valence-corrected chi connectivity index (χ4v) is 3.82. The quantitative estimate of drug-likeness (QED) is 0.841. The maximum Gasteiger partial charge on any atom is 0.126 e. The number of likely N-dealkylation sites (tertiary alicyclic amines) is 2. The van der Waals surface area contributed by atoms with E-state index in [1.54, 1.807) is 6.07 Å². The molecule has 1 aromatic rings. The fourth-order valence-electron chi connectivity index (χ4n) is 3.82. The number of halogens is 1. The minimum atomic E-state index is -0.0656. The zero-order valence-electron chi connectivity index (χ0n) is 13.5. The monoisotopic (exact) mass is 290 g/mol. The smallest absolute Gasteiger partial charge is 0.126 e. The summed E-state index contributed by atoms with van der Waals surface area (Å²) in [5.41, 5.74) is 2.68. The predicted octanol–water partition coefficient (Wildman–Crippen LogP) is 3.48. The Bertz CT molecular complexity index is 496. The van der Waals surface area contributed by atoms with Gasteiger partial charge in [0.05, 0.1) is 0 Å². The minimum absolute atomic E-state index is 0.0656. The lowest BCUT2D eigenvalue weighted by Crippen LogP contribution is -2.59. The molecule has 2 aliphatic rings. The molecule has 116 valence electrons. The second kappa shape index (κ2) is 5.69. The molecule has 2 nitrogen and oxygen atoms in total. The van der Waals surface area contributed by atoms with Crippen molar-refractivity contribution in [2.45, 2.75) is 39.2 Å². The van der Waals surface area contributed by atoms with Gasteiger partial charge < -0.3 is 4.90 Å². The lowest BCUT2D eigenvalue weighted by molar-refractivity contribution is -0.0471. The van der Waals surface area contributed by atoms with Crippen molar-refractivity contribution < 1.29 is 4.39 Å². The first-order valence-electron chi connectivity index (χ1n) is 8.17. The molecular formula is C18H27FN2. The van der Waals surface area contributed by atoms with Gasteiger partial charge in [0.2, 0.25) is 0 Å². The van der Waals surface area contributed by atoms with Crippen LogP contribution in [0.3, 0.4) is 0 Å². The van der Waals surface area contributed by atoms with Gasteiger partial charge in [0.25, 0.3) is 0 Å². The molecule has 0 amide bonds. The maximum absolute atomic E-state index is 13.8. The zero-order valence-corrected chi connectivity index (χ0v) is 13.5. The number of hydrogen-bond donors (Lipinski definition) is 0. The predicted molar refractivity (Wildman–Crippen MR) is 84.9 cm³/mol. The van der Waals surface area contributed by atoms with E-state index in [4.69, 9.17) is 0 Å². The van der Waals surface area contributed by atoms with E-state index < -0.39 is 0 Å². The highest BCUT2D eigenvalue weighted by Gasteiger charge is 2.43. The lowest BCUT2D eigenvalue weighted by atomic mass is 9.72. The van der Waals surface area contributed by atoms with Gasteiger partial charge in [-0.3, -0.25) is 4.90 Å². The highest BCUT2D eigenvalue weighted by Crippen LogP contribution is 2.40. The number of rotatable bonds is 3. The molecule has 0 aliphatic carbocycles. The molecule has 1 spiro atoms. The minimum Gasteiger partial charge on any atom is -0.306 e. The van der Waals surface area contributed by atoms with Gasteiger partial charge in [-0.15, -0.1) is 0 Å². The van der Waals surface area contributed by atoms with Crippen LogP contribution in [0.5, 0.6) is 0 Å². The van der Waals surface area contributed by atoms with Crippen molar-refractivity contribution in [3.63, 3.8) is 0 Å². The first-order valence-corrected chi connectivity index (χ1v) is 8.17. The number of piperidine rings is 1. The van der Waals surface area contributed by atoms with Crippen molar-refractivity contribution in [1.29, 1.82) is 0 Å². The Balaban J connectivity index is 1.58. The van der Waals surface area contributed by atoms with Crippen LogP contribution in [0.2, 0.25) is 0 Å². The maximum atomic E-state index is 13.8. The zero-order chi connectivity index (χ0) is 15.0. The van der Waals surface area contributed by atoms with Crippen LogP contribution >= 0.6 is 0 Å². The van der Waals surface area contributed by atoms with E-state index in [9.17, 15) is 4.39 Å². The molecule has 0 aromatic heterocycles. The lowest BCUT2D eigenvalue weighted by Gasteiger charge is -2.54. The van der Waals surface area contributed by atoms with Gasteiger partial charge in [-0.2, -0.15) is 0 Å². The first kappa shape index (κ1) is 15.0. The van der Waals surface area contributed by atoms with Gasteiger partial charge in [0.1, 0.15) is 5.82 Å². The number of benzene rings is 1. The summed E-state index contributed by atoms with van der Waals surface area (Å²) in [7, 11) is 2.22. The van der Waals surface area contributed by atoms with Gasteiger partial charge in [0.15, 0.2) is 0 Å². The van der Waals surface area contributed by atoms with Gasteiger partial charge >= 0.3 is 0 Å². The normalized spacial score (nSPS) is 22.7. The standard InChI is InChI=1S/C18H27FN2/c1-14(2)16-10-15(4-5-17(16)19)11-21-12-18(13-21)6-8-20(3)9-7-18/h4-5,10,14H,6-9,11-13H2,1-3H3. The van der Waals surface area contributed by atoms with Crippen molar-refractivity contribution in [2.24, 2.45) is 5.41 Å². The van der Waals surface area contributed by atoms with Crippen LogP contribution in [0.25, 0.3) is 0 Å². The fraction of sp³-hybridized carbons (Fsp3) is 0.667. The van der Waals surface area contributed by atoms with Crippen LogP contribution in [0.15, 0.2) is 18.2 Å². The summed E-state index contributed by atoms with van der Waals surface area (Å²) in [6.07, 6.45) is 2.67. The second-order valence-electron chi connectivity index (χ2n) is 7.46. The molecule has 21 heavy (non-hydrogen) atoms. The third-order valence-corrected chi connectivity index (χ3v) is 5.25. The summed E-state index contributed by atoms with van der Waals surface area (Å²) < 4.78 is 13.8. The third kappa shape index (κ3) is 3.14. The van der Waals surface area contributed by atoms with Gasteiger partial charge in [-0.1, -0.05) is 26.0 Å². The van der Waals surface area contributed by atoms with Crippen molar-refractivity contribution in [3.05, 3.63) is 35.1 Å². The summed E-state index contributed by atoms with van der Waals surface area (Å²) in [5.74, 6) is 0.186. The van der Waals surface area contributed by atoms with E-state index in [1.807, 2.05) is 6.07 Å². The molecule has 2 fully saturated rings. The molecule has 2 saturated heterocycles. The Labute approximate surface area is 127 Å². The Morgan fingerprint density at radius 1 is 1.19 bits per heavy atom. The summed E-state index contributed by atoms with van der Waals surface area (Å²) in [6, 6.07) is 5.64. The largest absolute Gasteiger partial charge is 0.306 e. The molecule has 0 bridgehead atoms. The summed E-state index contributed by atoms with van der Waals surface area (Å²) in [4.78, 5) is 4.95. The molecule has 0 radical (unpaired) electrons. The second-order valence-corrected chi connectivity index (χ2v) is 7.46. The first-order chi connectivity index (χ1) is 9.97. The van der Waals surface area contributed by atoms with Crippen molar-refractivity contribution in [2.75, 3.05) is 33.2 Å². The third-order valence-electron chi connectivity index (χ3n) is 5.25. The van der Waals surface area contributed by atoms with E-state index in [0.717, 1.165) is 12.1 Å². The Morgan fingerprint density at radius 3 is 2.48 bits per heavy atom. The van der Waals surface area contributed by atoms with Gasteiger partial charge in [0, 0.05) is 19.6 Å². The summed E-state index contributed by atoms with van der Waals surface area (Å²) in [5, 5.41) is 0. The Hall–Kier alpha value is -0.930. The Morgan fingerprint density at radius 2 is 1.86 bits per heavy atom. The summed E-state index contributed by atoms with van der Waals surface area (Å²) >= 11 is 0. The SMILES string of the molecule is CC(C)c1cc(CN2CC3(CCN(C)CC3)C2)ccc1F.